The van der Waals surface area contributed by atoms with Crippen molar-refractivity contribution in [2.45, 2.75) is 6.92 Å². The van der Waals surface area contributed by atoms with Gasteiger partial charge < -0.3 is 4.42 Å². The lowest BCUT2D eigenvalue weighted by atomic mass is 10.1. The number of carbonyl (C=O) groups is 1. The van der Waals surface area contributed by atoms with Crippen LogP contribution < -0.4 is 0 Å². The zero-order valence-electron chi connectivity index (χ0n) is 9.14. The van der Waals surface area contributed by atoms with Crippen LogP contribution in [0.25, 0.3) is 6.08 Å². The summed E-state index contributed by atoms with van der Waals surface area (Å²) < 4.78 is 4.99. The Morgan fingerprint density at radius 2 is 2.35 bits per heavy atom. The molecule has 0 spiro atoms. The zero-order chi connectivity index (χ0) is 12.3. The number of hydrogen-bond acceptors (Lipinski definition) is 4. The van der Waals surface area contributed by atoms with Gasteiger partial charge in [-0.15, -0.1) is 11.3 Å². The number of nitriles is 1. The fourth-order valence-corrected chi connectivity index (χ4v) is 2.21. The Hall–Kier alpha value is -2.12. The molecule has 0 radical (unpaired) electrons. The van der Waals surface area contributed by atoms with Crippen molar-refractivity contribution < 1.29 is 9.21 Å². The van der Waals surface area contributed by atoms with Crippen LogP contribution in [0.3, 0.4) is 0 Å². The molecule has 2 heterocycles. The summed E-state index contributed by atoms with van der Waals surface area (Å²) in [6.07, 6.45) is 3.02. The Morgan fingerprint density at radius 1 is 1.53 bits per heavy atom. The van der Waals surface area contributed by atoms with Crippen LogP contribution in [-0.2, 0) is 0 Å². The lowest BCUT2D eigenvalue weighted by molar-refractivity contribution is 0.101. The maximum atomic E-state index is 11.9. The van der Waals surface area contributed by atoms with Gasteiger partial charge in [-0.1, -0.05) is 0 Å². The van der Waals surface area contributed by atoms with Crippen molar-refractivity contribution in [3.05, 3.63) is 51.6 Å². The Morgan fingerprint density at radius 3 is 2.88 bits per heavy atom. The van der Waals surface area contributed by atoms with Crippen LogP contribution in [0.1, 0.15) is 21.0 Å². The van der Waals surface area contributed by atoms with Crippen LogP contribution in [0.2, 0.25) is 0 Å². The Kier molecular flexibility index (Phi) is 3.22. The molecule has 2 aromatic rings. The molecule has 0 unspecified atom stereocenters. The van der Waals surface area contributed by atoms with Crippen molar-refractivity contribution in [3.63, 3.8) is 0 Å². The highest BCUT2D eigenvalue weighted by molar-refractivity contribution is 7.11. The summed E-state index contributed by atoms with van der Waals surface area (Å²) in [6, 6.07) is 7.04. The monoisotopic (exact) mass is 243 g/mol. The first kappa shape index (κ1) is 11.4. The quantitative estimate of drug-likeness (QED) is 0.471. The summed E-state index contributed by atoms with van der Waals surface area (Å²) >= 11 is 1.50. The molecular weight excluding hydrogens is 234 g/mol. The van der Waals surface area contributed by atoms with Crippen LogP contribution in [0.4, 0.5) is 0 Å². The van der Waals surface area contributed by atoms with Gasteiger partial charge in [-0.05, 0) is 42.1 Å². The van der Waals surface area contributed by atoms with E-state index in [-0.39, 0.29) is 17.1 Å². The molecule has 0 atom stereocenters. The highest BCUT2D eigenvalue weighted by Gasteiger charge is 2.15. The second-order valence-corrected chi connectivity index (χ2v) is 4.39. The molecule has 84 valence electrons. The van der Waals surface area contributed by atoms with E-state index in [4.69, 9.17) is 9.68 Å². The van der Waals surface area contributed by atoms with Gasteiger partial charge in [0.15, 0.2) is 5.76 Å². The van der Waals surface area contributed by atoms with Gasteiger partial charge in [-0.3, -0.25) is 4.79 Å². The van der Waals surface area contributed by atoms with Crippen LogP contribution in [-0.4, -0.2) is 5.78 Å². The minimum atomic E-state index is -0.384. The number of rotatable bonds is 3. The van der Waals surface area contributed by atoms with Gasteiger partial charge in [0.1, 0.15) is 11.6 Å². The normalized spacial score (nSPS) is 11.2. The van der Waals surface area contributed by atoms with Crippen molar-refractivity contribution in [1.29, 1.82) is 5.26 Å². The average Bonchev–Trinajstić information content (AvgIpc) is 2.97. The lowest BCUT2D eigenvalue weighted by Crippen LogP contribution is -1.99. The van der Waals surface area contributed by atoms with Gasteiger partial charge in [0.2, 0.25) is 5.78 Å². The minimum absolute atomic E-state index is 0.0884. The number of carbonyl (C=O) groups excluding carboxylic acids is 1. The van der Waals surface area contributed by atoms with E-state index in [0.717, 1.165) is 10.4 Å². The number of Topliss-reactive ketones (excluding diaryl/α,β-unsaturated/α-hetero) is 1. The van der Waals surface area contributed by atoms with Gasteiger partial charge >= 0.3 is 0 Å². The summed E-state index contributed by atoms with van der Waals surface area (Å²) in [5.74, 6) is -0.197. The Labute approximate surface area is 103 Å². The second kappa shape index (κ2) is 4.81. The summed E-state index contributed by atoms with van der Waals surface area (Å²) in [7, 11) is 0. The van der Waals surface area contributed by atoms with Crippen LogP contribution in [0, 0.1) is 18.3 Å². The van der Waals surface area contributed by atoms with E-state index < -0.39 is 0 Å². The molecule has 4 heteroatoms. The van der Waals surface area contributed by atoms with Gasteiger partial charge in [0.25, 0.3) is 0 Å². The molecule has 0 N–H and O–H groups in total. The SMILES string of the molecule is Cc1ccsc1/C=C(\C#N)C(=O)c1ccco1. The highest BCUT2D eigenvalue weighted by atomic mass is 32.1. The lowest BCUT2D eigenvalue weighted by Gasteiger charge is -1.95. The van der Waals surface area contributed by atoms with Gasteiger partial charge in [-0.25, -0.2) is 0 Å². The molecule has 0 saturated heterocycles. The fraction of sp³-hybridized carbons (Fsp3) is 0.0769. The largest absolute Gasteiger partial charge is 0.461 e. The highest BCUT2D eigenvalue weighted by Crippen LogP contribution is 2.20. The van der Waals surface area contributed by atoms with E-state index in [1.807, 2.05) is 24.4 Å². The van der Waals surface area contributed by atoms with Gasteiger partial charge in [0.05, 0.1) is 6.26 Å². The van der Waals surface area contributed by atoms with Gasteiger partial charge in [0, 0.05) is 4.88 Å². The summed E-state index contributed by atoms with van der Waals surface area (Å²) in [6.45, 7) is 1.94. The van der Waals surface area contributed by atoms with E-state index in [9.17, 15) is 4.79 Å². The molecule has 0 saturated carbocycles. The van der Waals surface area contributed by atoms with E-state index in [1.54, 1.807) is 18.2 Å². The number of ketones is 1. The molecule has 0 bridgehead atoms. The first-order valence-corrected chi connectivity index (χ1v) is 5.84. The number of thiophene rings is 1. The van der Waals surface area contributed by atoms with Crippen molar-refractivity contribution in [2.75, 3.05) is 0 Å². The van der Waals surface area contributed by atoms with Gasteiger partial charge in [-0.2, -0.15) is 5.26 Å². The second-order valence-electron chi connectivity index (χ2n) is 3.44. The third-order valence-corrected chi connectivity index (χ3v) is 3.25. The summed E-state index contributed by atoms with van der Waals surface area (Å²) in [4.78, 5) is 12.8. The third-order valence-electron chi connectivity index (χ3n) is 2.29. The molecule has 3 nitrogen and oxygen atoms in total. The maximum Gasteiger partial charge on any atom is 0.238 e. The number of allylic oxidation sites excluding steroid dienone is 1. The number of aryl methyl sites for hydroxylation is 1. The topological polar surface area (TPSA) is 54.0 Å². The molecule has 17 heavy (non-hydrogen) atoms. The summed E-state index contributed by atoms with van der Waals surface area (Å²) in [5, 5.41) is 10.9. The predicted molar refractivity (Wildman–Crippen MR) is 65.7 cm³/mol. The molecule has 0 aliphatic rings. The van der Waals surface area contributed by atoms with Crippen molar-refractivity contribution in [3.8, 4) is 6.07 Å². The zero-order valence-corrected chi connectivity index (χ0v) is 9.95. The molecule has 2 aromatic heterocycles. The van der Waals surface area contributed by atoms with E-state index in [0.29, 0.717) is 0 Å². The summed E-state index contributed by atoms with van der Waals surface area (Å²) in [5.41, 5.74) is 1.14. The standard InChI is InChI=1S/C13H9NO2S/c1-9-4-6-17-12(9)7-10(8-14)13(15)11-3-2-5-16-11/h2-7H,1H3/b10-7+. The van der Waals surface area contributed by atoms with E-state index in [2.05, 4.69) is 0 Å². The Balaban J connectivity index is 2.36. The van der Waals surface area contributed by atoms with Crippen molar-refractivity contribution >= 4 is 23.2 Å². The smallest absolute Gasteiger partial charge is 0.238 e. The first-order valence-electron chi connectivity index (χ1n) is 4.96. The molecular formula is C13H9NO2S. The maximum absolute atomic E-state index is 11.9. The predicted octanol–water partition coefficient (Wildman–Crippen LogP) is 3.44. The van der Waals surface area contributed by atoms with Crippen LogP contribution in [0.5, 0.6) is 0 Å². The number of furan rings is 1. The molecule has 0 aliphatic carbocycles. The third kappa shape index (κ3) is 2.35. The van der Waals surface area contributed by atoms with E-state index in [1.165, 1.54) is 17.6 Å². The molecule has 0 fully saturated rings. The fourth-order valence-electron chi connectivity index (χ4n) is 1.35. The molecule has 2 rings (SSSR count). The van der Waals surface area contributed by atoms with Crippen molar-refractivity contribution in [2.24, 2.45) is 0 Å². The Bertz CT molecular complexity index is 600. The molecule has 0 aromatic carbocycles. The van der Waals surface area contributed by atoms with Crippen LogP contribution in [0.15, 0.2) is 39.8 Å². The molecule has 0 aliphatic heterocycles. The minimum Gasteiger partial charge on any atom is -0.461 e. The van der Waals surface area contributed by atoms with Crippen LogP contribution >= 0.6 is 11.3 Å². The average molecular weight is 243 g/mol. The first-order chi connectivity index (χ1) is 8.22. The van der Waals surface area contributed by atoms with E-state index >= 15 is 0 Å². The molecule has 0 amide bonds. The number of hydrogen-bond donors (Lipinski definition) is 0. The van der Waals surface area contributed by atoms with Crippen molar-refractivity contribution in [1.82, 2.24) is 0 Å². The number of nitrogens with zero attached hydrogens (tertiary/aromatic N) is 1.